The van der Waals surface area contributed by atoms with Crippen LogP contribution in [-0.4, -0.2) is 20.2 Å². The van der Waals surface area contributed by atoms with E-state index in [-0.39, 0.29) is 0 Å². The Morgan fingerprint density at radius 1 is 1.67 bits per heavy atom. The van der Waals surface area contributed by atoms with Gasteiger partial charge in [-0.2, -0.15) is 0 Å². The van der Waals surface area contributed by atoms with Gasteiger partial charge in [0.1, 0.15) is 6.33 Å². The van der Waals surface area contributed by atoms with E-state index < -0.39 is 0 Å². The highest BCUT2D eigenvalue weighted by atomic mass is 15.5. The summed E-state index contributed by atoms with van der Waals surface area (Å²) in [7, 11) is 0. The molecule has 1 aliphatic rings. The second-order valence-electron chi connectivity index (χ2n) is 2.57. The largest absolute Gasteiger partial charge is 0.229 e. The third-order valence-corrected chi connectivity index (χ3v) is 1.77. The molecule has 0 saturated heterocycles. The van der Waals surface area contributed by atoms with Crippen molar-refractivity contribution in [1.82, 2.24) is 20.2 Å². The summed E-state index contributed by atoms with van der Waals surface area (Å²) < 4.78 is 1.82. The zero-order valence-corrected chi connectivity index (χ0v) is 5.23. The maximum atomic E-state index is 3.78. The van der Waals surface area contributed by atoms with Crippen molar-refractivity contribution in [3.8, 4) is 0 Å². The monoisotopic (exact) mass is 124 g/mol. The normalized spacial score (nSPS) is 32.6. The lowest BCUT2D eigenvalue weighted by atomic mass is 10.5. The van der Waals surface area contributed by atoms with Gasteiger partial charge in [0.2, 0.25) is 0 Å². The lowest BCUT2D eigenvalue weighted by Crippen LogP contribution is -1.95. The van der Waals surface area contributed by atoms with Crippen molar-refractivity contribution >= 4 is 0 Å². The third kappa shape index (κ3) is 0.704. The van der Waals surface area contributed by atoms with Gasteiger partial charge in [-0.3, -0.25) is 0 Å². The van der Waals surface area contributed by atoms with E-state index in [0.717, 1.165) is 5.92 Å². The number of tetrazole rings is 1. The molecular formula is C5H8N4. The molecule has 1 aliphatic carbocycles. The van der Waals surface area contributed by atoms with Crippen LogP contribution in [0.4, 0.5) is 0 Å². The number of hydrogen-bond donors (Lipinski definition) is 0. The predicted octanol–water partition coefficient (Wildman–Crippen LogP) is 0.254. The Labute approximate surface area is 52.9 Å². The molecule has 2 rings (SSSR count). The summed E-state index contributed by atoms with van der Waals surface area (Å²) >= 11 is 0. The van der Waals surface area contributed by atoms with Crippen LogP contribution >= 0.6 is 0 Å². The van der Waals surface area contributed by atoms with Crippen LogP contribution in [0.3, 0.4) is 0 Å². The summed E-state index contributed by atoms with van der Waals surface area (Å²) in [6.07, 6.45) is 2.90. The first kappa shape index (κ1) is 4.90. The molecule has 4 nitrogen and oxygen atoms in total. The topological polar surface area (TPSA) is 43.6 Å². The summed E-state index contributed by atoms with van der Waals surface area (Å²) in [5.74, 6) is 0.772. The van der Waals surface area contributed by atoms with Crippen molar-refractivity contribution in [2.75, 3.05) is 0 Å². The zero-order chi connectivity index (χ0) is 6.27. The number of rotatable bonds is 1. The molecule has 1 saturated carbocycles. The first-order valence-electron chi connectivity index (χ1n) is 3.10. The smallest absolute Gasteiger partial charge is 0.138 e. The van der Waals surface area contributed by atoms with Crippen molar-refractivity contribution in [3.05, 3.63) is 6.33 Å². The van der Waals surface area contributed by atoms with Gasteiger partial charge in [-0.25, -0.2) is 4.68 Å². The Bertz CT molecular complexity index is 193. The molecular weight excluding hydrogens is 116 g/mol. The fraction of sp³-hybridized carbons (Fsp3) is 0.800. The molecule has 1 aromatic heterocycles. The van der Waals surface area contributed by atoms with Crippen molar-refractivity contribution in [3.63, 3.8) is 0 Å². The number of nitrogens with zero attached hydrogens (tertiary/aromatic N) is 4. The van der Waals surface area contributed by atoms with Gasteiger partial charge in [-0.15, -0.1) is 5.10 Å². The van der Waals surface area contributed by atoms with Gasteiger partial charge in [-0.1, -0.05) is 6.92 Å². The Morgan fingerprint density at radius 3 is 2.89 bits per heavy atom. The van der Waals surface area contributed by atoms with Crippen LogP contribution in [0.1, 0.15) is 19.4 Å². The van der Waals surface area contributed by atoms with E-state index >= 15 is 0 Å². The van der Waals surface area contributed by atoms with Gasteiger partial charge < -0.3 is 0 Å². The van der Waals surface area contributed by atoms with Crippen LogP contribution in [0.25, 0.3) is 0 Å². The Kier molecular flexibility index (Phi) is 0.831. The van der Waals surface area contributed by atoms with E-state index in [9.17, 15) is 0 Å². The molecule has 0 aliphatic heterocycles. The fourth-order valence-electron chi connectivity index (χ4n) is 0.991. The molecule has 0 amide bonds. The maximum absolute atomic E-state index is 3.78. The Morgan fingerprint density at radius 2 is 2.44 bits per heavy atom. The summed E-state index contributed by atoms with van der Waals surface area (Å²) in [6.45, 7) is 2.20. The van der Waals surface area contributed by atoms with Gasteiger partial charge in [0.15, 0.2) is 0 Å². The van der Waals surface area contributed by atoms with Gasteiger partial charge in [0.05, 0.1) is 6.04 Å². The third-order valence-electron chi connectivity index (χ3n) is 1.77. The van der Waals surface area contributed by atoms with Crippen LogP contribution in [-0.2, 0) is 0 Å². The maximum Gasteiger partial charge on any atom is 0.138 e. The molecule has 2 atom stereocenters. The summed E-state index contributed by atoms with van der Waals surface area (Å²) in [5.41, 5.74) is 0. The number of hydrogen-bond acceptors (Lipinski definition) is 3. The second kappa shape index (κ2) is 1.52. The van der Waals surface area contributed by atoms with Crippen LogP contribution < -0.4 is 0 Å². The quantitative estimate of drug-likeness (QED) is 0.539. The molecule has 4 heteroatoms. The van der Waals surface area contributed by atoms with E-state index in [2.05, 4.69) is 22.4 Å². The van der Waals surface area contributed by atoms with Gasteiger partial charge in [-0.05, 0) is 22.8 Å². The molecule has 0 unspecified atom stereocenters. The van der Waals surface area contributed by atoms with Crippen molar-refractivity contribution in [2.24, 2.45) is 5.92 Å². The minimum Gasteiger partial charge on any atom is -0.229 e. The summed E-state index contributed by atoms with van der Waals surface area (Å²) in [5, 5.41) is 10.9. The second-order valence-corrected chi connectivity index (χ2v) is 2.57. The Balaban J connectivity index is 2.18. The molecule has 0 N–H and O–H groups in total. The standard InChI is InChI=1S/C5H8N4/c1-4-2-5(4)9-3-6-7-8-9/h3-5H,2H2,1H3/t4-,5-/m1/s1. The zero-order valence-electron chi connectivity index (χ0n) is 5.23. The highest BCUT2D eigenvalue weighted by Crippen LogP contribution is 2.41. The molecule has 1 aromatic rings. The van der Waals surface area contributed by atoms with E-state index in [1.165, 1.54) is 6.42 Å². The molecule has 0 aromatic carbocycles. The average molecular weight is 124 g/mol. The van der Waals surface area contributed by atoms with Crippen LogP contribution in [0.15, 0.2) is 6.33 Å². The fourth-order valence-corrected chi connectivity index (χ4v) is 0.991. The van der Waals surface area contributed by atoms with E-state index in [0.29, 0.717) is 6.04 Å². The highest BCUT2D eigenvalue weighted by Gasteiger charge is 2.35. The molecule has 1 fully saturated rings. The minimum atomic E-state index is 0.583. The van der Waals surface area contributed by atoms with Crippen LogP contribution in [0.5, 0.6) is 0 Å². The first-order valence-corrected chi connectivity index (χ1v) is 3.10. The van der Waals surface area contributed by atoms with Gasteiger partial charge in [0, 0.05) is 0 Å². The van der Waals surface area contributed by atoms with Crippen LogP contribution in [0, 0.1) is 5.92 Å². The molecule has 9 heavy (non-hydrogen) atoms. The van der Waals surface area contributed by atoms with Crippen molar-refractivity contribution in [1.29, 1.82) is 0 Å². The average Bonchev–Trinajstić information content (AvgIpc) is 2.44. The highest BCUT2D eigenvalue weighted by molar-refractivity contribution is 4.86. The SMILES string of the molecule is C[C@@H]1C[C@H]1n1cnnn1. The molecule has 48 valence electrons. The van der Waals surface area contributed by atoms with E-state index in [1.54, 1.807) is 6.33 Å². The van der Waals surface area contributed by atoms with Crippen molar-refractivity contribution < 1.29 is 0 Å². The molecule has 0 bridgehead atoms. The molecule has 0 spiro atoms. The molecule has 1 heterocycles. The van der Waals surface area contributed by atoms with Gasteiger partial charge in [0.25, 0.3) is 0 Å². The van der Waals surface area contributed by atoms with Crippen molar-refractivity contribution in [2.45, 2.75) is 19.4 Å². The summed E-state index contributed by atoms with van der Waals surface area (Å²) in [6, 6.07) is 0.583. The van der Waals surface area contributed by atoms with Gasteiger partial charge >= 0.3 is 0 Å². The minimum absolute atomic E-state index is 0.583. The molecule has 0 radical (unpaired) electrons. The van der Waals surface area contributed by atoms with E-state index in [4.69, 9.17) is 0 Å². The lowest BCUT2D eigenvalue weighted by Gasteiger charge is -1.89. The van der Waals surface area contributed by atoms with Crippen LogP contribution in [0.2, 0.25) is 0 Å². The predicted molar refractivity (Wildman–Crippen MR) is 30.6 cm³/mol. The van der Waals surface area contributed by atoms with E-state index in [1.807, 2.05) is 4.68 Å². The first-order chi connectivity index (χ1) is 4.38. The number of aromatic nitrogens is 4. The Hall–Kier alpha value is -0.930. The lowest BCUT2D eigenvalue weighted by molar-refractivity contribution is 0.579. The summed E-state index contributed by atoms with van der Waals surface area (Å²) in [4.78, 5) is 0.